The molecule has 0 spiro atoms. The maximum absolute atomic E-state index is 13.9. The van der Waals surface area contributed by atoms with Crippen LogP contribution in [0.3, 0.4) is 0 Å². The molecule has 1 saturated heterocycles. The summed E-state index contributed by atoms with van der Waals surface area (Å²) in [6.07, 6.45) is -9.76. The molecular weight excluding hydrogens is 654 g/mol. The van der Waals surface area contributed by atoms with Crippen molar-refractivity contribution in [3.63, 3.8) is 0 Å². The summed E-state index contributed by atoms with van der Waals surface area (Å²) in [6.45, 7) is 1.48. The number of rotatable bonds is 10. The van der Waals surface area contributed by atoms with Gasteiger partial charge in [0, 0.05) is 16.5 Å². The largest absolute Gasteiger partial charge is 0.480 e. The number of nitrogens with one attached hydrogen (secondary N) is 1. The Morgan fingerprint density at radius 3 is 2.13 bits per heavy atom. The van der Waals surface area contributed by atoms with Crippen LogP contribution in [0.4, 0.5) is 32.0 Å². The molecule has 0 amide bonds. The van der Waals surface area contributed by atoms with E-state index in [1.54, 1.807) is 6.07 Å². The number of carboxylic acid groups (broad SMARTS) is 2. The minimum absolute atomic E-state index is 0.0556. The first-order valence-electron chi connectivity index (χ1n) is 13.2. The molecule has 0 unspecified atom stereocenters. The summed E-state index contributed by atoms with van der Waals surface area (Å²) in [5.74, 6) is -4.07. The van der Waals surface area contributed by atoms with E-state index in [-0.39, 0.29) is 40.8 Å². The third kappa shape index (κ3) is 7.88. The van der Waals surface area contributed by atoms with Gasteiger partial charge in [-0.3, -0.25) is 4.31 Å². The van der Waals surface area contributed by atoms with Crippen LogP contribution < -0.4 is 14.4 Å². The van der Waals surface area contributed by atoms with E-state index in [0.717, 1.165) is 15.6 Å². The fraction of sp³-hybridized carbons (Fsp3) is 0.357. The Hall–Kier alpha value is -3.83. The number of sulfonamides is 1. The van der Waals surface area contributed by atoms with Gasteiger partial charge in [-0.05, 0) is 74.3 Å². The molecule has 0 saturated carbocycles. The molecule has 2 aromatic carbocycles. The predicted octanol–water partition coefficient (Wildman–Crippen LogP) is 6.01. The van der Waals surface area contributed by atoms with Crippen LogP contribution in [0.5, 0.6) is 5.75 Å². The number of hydrogen-bond acceptors (Lipinski definition) is 7. The summed E-state index contributed by atoms with van der Waals surface area (Å²) >= 11 is 0.764. The lowest BCUT2D eigenvalue weighted by atomic mass is 10.0. The molecule has 0 aliphatic carbocycles. The van der Waals surface area contributed by atoms with Crippen LogP contribution in [0.2, 0.25) is 0 Å². The summed E-state index contributed by atoms with van der Waals surface area (Å²) < 4.78 is 115. The average Bonchev–Trinajstić information content (AvgIpc) is 3.27. The van der Waals surface area contributed by atoms with Gasteiger partial charge in [-0.25, -0.2) is 18.0 Å². The van der Waals surface area contributed by atoms with Crippen molar-refractivity contribution in [2.24, 2.45) is 0 Å². The number of halogens is 6. The van der Waals surface area contributed by atoms with Gasteiger partial charge in [-0.15, -0.1) is 11.3 Å². The number of carbonyl (C=O) groups is 2. The summed E-state index contributed by atoms with van der Waals surface area (Å²) in [6, 6.07) is 5.83. The predicted molar refractivity (Wildman–Crippen MR) is 152 cm³/mol. The molecule has 3 N–H and O–H groups in total. The van der Waals surface area contributed by atoms with Crippen LogP contribution >= 0.6 is 11.3 Å². The van der Waals surface area contributed by atoms with E-state index in [4.69, 9.17) is 9.84 Å². The van der Waals surface area contributed by atoms with E-state index in [2.05, 4.69) is 5.32 Å². The summed E-state index contributed by atoms with van der Waals surface area (Å²) in [5, 5.41) is 21.7. The normalized spacial score (nSPS) is 14.7. The monoisotopic (exact) mass is 680 g/mol. The van der Waals surface area contributed by atoms with Gasteiger partial charge in [0.1, 0.15) is 5.75 Å². The number of aromatic carboxylic acids is 1. The van der Waals surface area contributed by atoms with Crippen LogP contribution in [0.25, 0.3) is 10.4 Å². The van der Waals surface area contributed by atoms with E-state index in [1.165, 1.54) is 25.1 Å². The molecule has 0 bridgehead atoms. The van der Waals surface area contributed by atoms with E-state index < -0.39 is 69.4 Å². The second-order valence-corrected chi connectivity index (χ2v) is 13.1. The van der Waals surface area contributed by atoms with E-state index in [1.807, 2.05) is 0 Å². The average molecular weight is 681 g/mol. The van der Waals surface area contributed by atoms with Crippen LogP contribution in [0, 0.1) is 6.92 Å². The molecular formula is C28H26F6N2O7S2. The minimum Gasteiger partial charge on any atom is -0.480 e. The Labute approximate surface area is 257 Å². The maximum Gasteiger partial charge on any atom is 0.416 e. The number of benzene rings is 2. The van der Waals surface area contributed by atoms with Gasteiger partial charge in [-0.2, -0.15) is 26.3 Å². The number of piperidine rings is 1. The number of carboxylic acids is 2. The third-order valence-electron chi connectivity index (χ3n) is 6.93. The molecule has 0 radical (unpaired) electrons. The highest BCUT2D eigenvalue weighted by molar-refractivity contribution is 7.92. The van der Waals surface area contributed by atoms with Crippen molar-refractivity contribution in [3.8, 4) is 16.2 Å². The number of ether oxygens (including phenoxy) is 1. The lowest BCUT2D eigenvalue weighted by Gasteiger charge is -2.35. The Balaban J connectivity index is 1.81. The number of nitrogens with zero attached hydrogens (tertiary/aromatic N) is 1. The SMILES string of the molecule is Cc1c(-c2cccc(N(C3CCNCC3)S(=O)(=O)Cc3cc(C(F)(F)F)cc(C(F)(F)F)c3)c2)sc(C(=O)O)c1OCC(=O)O. The second-order valence-electron chi connectivity index (χ2n) is 10.2. The van der Waals surface area contributed by atoms with Gasteiger partial charge in [0.15, 0.2) is 11.5 Å². The quantitative estimate of drug-likeness (QED) is 0.222. The van der Waals surface area contributed by atoms with Crippen molar-refractivity contribution in [1.82, 2.24) is 5.32 Å². The number of hydrogen-bond donors (Lipinski definition) is 3. The van der Waals surface area contributed by atoms with Gasteiger partial charge < -0.3 is 20.3 Å². The zero-order valence-corrected chi connectivity index (χ0v) is 25.0. The number of aliphatic carboxylic acids is 1. The highest BCUT2D eigenvalue weighted by Crippen LogP contribution is 2.43. The van der Waals surface area contributed by atoms with Crippen LogP contribution in [-0.4, -0.2) is 56.3 Å². The van der Waals surface area contributed by atoms with Gasteiger partial charge in [0.05, 0.1) is 22.6 Å². The molecule has 4 rings (SSSR count). The smallest absolute Gasteiger partial charge is 0.416 e. The van der Waals surface area contributed by atoms with E-state index in [9.17, 15) is 49.5 Å². The first-order valence-corrected chi connectivity index (χ1v) is 15.6. The first-order chi connectivity index (χ1) is 20.9. The third-order valence-corrected chi connectivity index (χ3v) is 10.0. The lowest BCUT2D eigenvalue weighted by Crippen LogP contribution is -2.46. The number of alkyl halides is 6. The van der Waals surface area contributed by atoms with Gasteiger partial charge in [0.25, 0.3) is 0 Å². The van der Waals surface area contributed by atoms with Crippen molar-refractivity contribution in [1.29, 1.82) is 0 Å². The Morgan fingerprint density at radius 2 is 1.60 bits per heavy atom. The molecule has 244 valence electrons. The summed E-state index contributed by atoms with van der Waals surface area (Å²) in [4.78, 5) is 22.9. The van der Waals surface area contributed by atoms with Gasteiger partial charge in [0.2, 0.25) is 10.0 Å². The molecule has 45 heavy (non-hydrogen) atoms. The standard InChI is InChI=1S/C28H26F6N2O7S2/c1-15-23(43-13-22(37)38)25(26(39)40)44-24(15)17-3-2-4-21(11-17)36(20-5-7-35-8-6-20)45(41,42)14-16-9-18(27(29,30)31)12-19(10-16)28(32,33)34/h2-4,9-12,20,35H,5-8,13-14H2,1H3,(H,37,38)(H,39,40). The van der Waals surface area contributed by atoms with Crippen molar-refractivity contribution < 1.29 is 59.3 Å². The lowest BCUT2D eigenvalue weighted by molar-refractivity contribution is -0.143. The van der Waals surface area contributed by atoms with Crippen LogP contribution in [-0.2, 0) is 32.9 Å². The highest BCUT2D eigenvalue weighted by atomic mass is 32.2. The second kappa shape index (κ2) is 12.9. The van der Waals surface area contributed by atoms with E-state index in [0.29, 0.717) is 35.7 Å². The molecule has 17 heteroatoms. The summed E-state index contributed by atoms with van der Waals surface area (Å²) in [5.41, 5.74) is -3.32. The van der Waals surface area contributed by atoms with Crippen LogP contribution in [0.15, 0.2) is 42.5 Å². The van der Waals surface area contributed by atoms with Gasteiger partial charge in [-0.1, -0.05) is 12.1 Å². The van der Waals surface area contributed by atoms with E-state index >= 15 is 0 Å². The highest BCUT2D eigenvalue weighted by Gasteiger charge is 2.38. The maximum atomic E-state index is 13.9. The van der Waals surface area contributed by atoms with Crippen molar-refractivity contribution >= 4 is 39.0 Å². The zero-order valence-electron chi connectivity index (χ0n) is 23.3. The van der Waals surface area contributed by atoms with Crippen molar-refractivity contribution in [2.75, 3.05) is 24.0 Å². The number of thiophene rings is 1. The van der Waals surface area contributed by atoms with Crippen molar-refractivity contribution in [2.45, 2.75) is 43.9 Å². The summed E-state index contributed by atoms with van der Waals surface area (Å²) in [7, 11) is -4.61. The molecule has 1 aliphatic rings. The van der Waals surface area contributed by atoms with Gasteiger partial charge >= 0.3 is 24.3 Å². The molecule has 1 aromatic heterocycles. The molecule has 1 fully saturated rings. The number of anilines is 1. The fourth-order valence-electron chi connectivity index (χ4n) is 5.03. The first kappa shape index (κ1) is 34.1. The van der Waals surface area contributed by atoms with Crippen molar-refractivity contribution in [3.05, 3.63) is 69.6 Å². The molecule has 3 aromatic rings. The molecule has 2 heterocycles. The topological polar surface area (TPSA) is 133 Å². The fourth-order valence-corrected chi connectivity index (χ4v) is 7.94. The Kier molecular flexibility index (Phi) is 9.75. The molecule has 1 aliphatic heterocycles. The Bertz CT molecular complexity index is 1670. The molecule has 9 nitrogen and oxygen atoms in total. The Morgan fingerprint density at radius 1 is 1.00 bits per heavy atom. The molecule has 0 atom stereocenters. The van der Waals surface area contributed by atoms with Crippen LogP contribution in [0.1, 0.15) is 44.8 Å². The minimum atomic E-state index is -5.16. The zero-order chi connectivity index (χ0) is 33.3.